The number of rotatable bonds is 5. The van der Waals surface area contributed by atoms with E-state index in [1.807, 2.05) is 68.4 Å². The number of ether oxygens (including phenoxy) is 2. The molecule has 3 aromatic carbocycles. The zero-order chi connectivity index (χ0) is 23.8. The molecule has 0 saturated carbocycles. The number of carbonyl (C=O) groups excluding carboxylic acids is 2. The van der Waals surface area contributed by atoms with E-state index in [1.165, 1.54) is 0 Å². The summed E-state index contributed by atoms with van der Waals surface area (Å²) in [6.07, 6.45) is 1.22. The second-order valence-corrected chi connectivity index (χ2v) is 9.68. The summed E-state index contributed by atoms with van der Waals surface area (Å²) in [5, 5.41) is 6.03. The minimum atomic E-state index is -0.849. The molecular weight excluding hydrogens is 428 g/mol. The van der Waals surface area contributed by atoms with Gasteiger partial charge in [-0.2, -0.15) is 0 Å². The molecule has 0 unspecified atom stereocenters. The number of nitrogens with one attached hydrogen (secondary N) is 2. The number of hydrogen-bond donors (Lipinski definition) is 2. The molecule has 6 heteroatoms. The Bertz CT molecular complexity index is 1210. The predicted octanol–water partition coefficient (Wildman–Crippen LogP) is 5.04. The first-order valence-electron chi connectivity index (χ1n) is 11.5. The van der Waals surface area contributed by atoms with Gasteiger partial charge in [-0.3, -0.25) is 4.79 Å². The van der Waals surface area contributed by atoms with Crippen molar-refractivity contribution in [3.05, 3.63) is 95.6 Å². The van der Waals surface area contributed by atoms with E-state index in [0.29, 0.717) is 29.9 Å². The topological polar surface area (TPSA) is 76.7 Å². The molecule has 6 nitrogen and oxygen atoms in total. The van der Waals surface area contributed by atoms with Crippen LogP contribution in [0.5, 0.6) is 11.5 Å². The zero-order valence-electron chi connectivity index (χ0n) is 19.3. The molecule has 2 atom stereocenters. The van der Waals surface area contributed by atoms with Crippen molar-refractivity contribution in [2.75, 3.05) is 6.61 Å². The van der Waals surface area contributed by atoms with Gasteiger partial charge in [-0.25, -0.2) is 4.79 Å². The first-order chi connectivity index (χ1) is 16.3. The van der Waals surface area contributed by atoms with Gasteiger partial charge in [0.1, 0.15) is 11.5 Å². The Morgan fingerprint density at radius 3 is 2.41 bits per heavy atom. The van der Waals surface area contributed by atoms with E-state index in [4.69, 9.17) is 9.47 Å². The van der Waals surface area contributed by atoms with Crippen LogP contribution in [0.15, 0.2) is 78.9 Å². The number of benzene rings is 3. The third-order valence-electron chi connectivity index (χ3n) is 6.39. The lowest BCUT2D eigenvalue weighted by molar-refractivity contribution is -0.0236. The smallest absolute Gasteiger partial charge is 0.318 e. The van der Waals surface area contributed by atoms with E-state index < -0.39 is 11.3 Å². The number of amides is 2. The van der Waals surface area contributed by atoms with Gasteiger partial charge in [0.05, 0.1) is 0 Å². The first kappa shape index (κ1) is 22.0. The van der Waals surface area contributed by atoms with Crippen molar-refractivity contribution in [1.82, 2.24) is 10.6 Å². The van der Waals surface area contributed by atoms with Crippen molar-refractivity contribution in [2.45, 2.75) is 43.9 Å². The van der Waals surface area contributed by atoms with E-state index in [9.17, 15) is 9.59 Å². The van der Waals surface area contributed by atoms with E-state index >= 15 is 0 Å². The van der Waals surface area contributed by atoms with E-state index in [-0.39, 0.29) is 24.3 Å². The third kappa shape index (κ3) is 4.49. The molecule has 1 fully saturated rings. The van der Waals surface area contributed by atoms with Gasteiger partial charge >= 0.3 is 6.03 Å². The van der Waals surface area contributed by atoms with Crippen LogP contribution in [0.4, 0.5) is 4.79 Å². The van der Waals surface area contributed by atoms with Gasteiger partial charge in [0.15, 0.2) is 18.1 Å². The second kappa shape index (κ2) is 8.52. The number of carbonyl (C=O) groups is 2. The molecule has 34 heavy (non-hydrogen) atoms. The summed E-state index contributed by atoms with van der Waals surface area (Å²) < 4.78 is 12.4. The molecule has 1 saturated heterocycles. The lowest BCUT2D eigenvalue weighted by Gasteiger charge is -2.49. The first-order valence-corrected chi connectivity index (χ1v) is 11.5. The molecule has 1 spiro atoms. The second-order valence-electron chi connectivity index (χ2n) is 9.68. The maximum atomic E-state index is 12.5. The Morgan fingerprint density at radius 1 is 1.00 bits per heavy atom. The van der Waals surface area contributed by atoms with Gasteiger partial charge in [0.25, 0.3) is 0 Å². The fourth-order valence-corrected chi connectivity index (χ4v) is 5.04. The SMILES string of the molecule is CC1(C)C[C@@]2(C[C@H](c3ccccc3)c3ccc(OCC(=O)c4ccccc4)cc3O2)NC(=O)N1. The highest BCUT2D eigenvalue weighted by molar-refractivity contribution is 5.97. The molecule has 0 radical (unpaired) electrons. The monoisotopic (exact) mass is 456 g/mol. The number of ketones is 1. The molecule has 2 aliphatic heterocycles. The summed E-state index contributed by atoms with van der Waals surface area (Å²) in [6.45, 7) is 3.93. The summed E-state index contributed by atoms with van der Waals surface area (Å²) in [7, 11) is 0. The molecule has 2 heterocycles. The van der Waals surface area contributed by atoms with Crippen molar-refractivity contribution in [2.24, 2.45) is 0 Å². The minimum absolute atomic E-state index is 0.0409. The molecule has 5 rings (SSSR count). The predicted molar refractivity (Wildman–Crippen MR) is 129 cm³/mol. The van der Waals surface area contributed by atoms with Gasteiger partial charge in [-0.05, 0) is 25.5 Å². The van der Waals surface area contributed by atoms with Crippen molar-refractivity contribution in [1.29, 1.82) is 0 Å². The highest BCUT2D eigenvalue weighted by Crippen LogP contribution is 2.47. The molecule has 0 aromatic heterocycles. The van der Waals surface area contributed by atoms with Gasteiger partial charge in [0, 0.05) is 41.5 Å². The van der Waals surface area contributed by atoms with Crippen LogP contribution in [0.25, 0.3) is 0 Å². The largest absolute Gasteiger partial charge is 0.485 e. The Morgan fingerprint density at radius 2 is 1.71 bits per heavy atom. The van der Waals surface area contributed by atoms with E-state index in [0.717, 1.165) is 11.1 Å². The molecule has 2 amide bonds. The molecular formula is C28H28N2O4. The van der Waals surface area contributed by atoms with Crippen LogP contribution in [0.2, 0.25) is 0 Å². The fraction of sp³-hybridized carbons (Fsp3) is 0.286. The van der Waals surface area contributed by atoms with Crippen LogP contribution in [-0.4, -0.2) is 29.7 Å². The van der Waals surface area contributed by atoms with Gasteiger partial charge in [-0.15, -0.1) is 0 Å². The normalized spacial score (nSPS) is 22.6. The summed E-state index contributed by atoms with van der Waals surface area (Å²) in [5.74, 6) is 1.15. The van der Waals surface area contributed by atoms with Crippen LogP contribution < -0.4 is 20.1 Å². The molecule has 0 aliphatic carbocycles. The average molecular weight is 457 g/mol. The maximum Gasteiger partial charge on any atom is 0.318 e. The summed E-state index contributed by atoms with van der Waals surface area (Å²) >= 11 is 0. The third-order valence-corrected chi connectivity index (χ3v) is 6.39. The van der Waals surface area contributed by atoms with Crippen molar-refractivity contribution >= 4 is 11.8 Å². The maximum absolute atomic E-state index is 12.5. The average Bonchev–Trinajstić information content (AvgIpc) is 2.81. The minimum Gasteiger partial charge on any atom is -0.485 e. The molecule has 0 bridgehead atoms. The lowest BCUT2D eigenvalue weighted by atomic mass is 9.77. The standard InChI is InChI=1S/C28H28N2O4/c1-27(2)18-28(30-26(32)29-27)16-23(19-9-5-3-6-10-19)22-14-13-21(15-25(22)34-28)33-17-24(31)20-11-7-4-8-12-20/h3-15,23H,16-18H2,1-2H3,(H2,29,30,32)/t23-,28+/m1/s1. The summed E-state index contributed by atoms with van der Waals surface area (Å²) in [6, 6.07) is 24.8. The summed E-state index contributed by atoms with van der Waals surface area (Å²) in [5.41, 5.74) is 1.53. The number of fused-ring (bicyclic) bond motifs is 1. The fourth-order valence-electron chi connectivity index (χ4n) is 5.04. The van der Waals surface area contributed by atoms with Crippen molar-refractivity contribution in [3.63, 3.8) is 0 Å². The molecule has 2 aliphatic rings. The molecule has 174 valence electrons. The Labute approximate surface area is 199 Å². The van der Waals surface area contributed by atoms with E-state index in [2.05, 4.69) is 22.8 Å². The van der Waals surface area contributed by atoms with E-state index in [1.54, 1.807) is 12.1 Å². The quantitative estimate of drug-likeness (QED) is 0.528. The van der Waals surface area contributed by atoms with Crippen LogP contribution in [0, 0.1) is 0 Å². The van der Waals surface area contributed by atoms with Gasteiger partial charge in [0.2, 0.25) is 0 Å². The van der Waals surface area contributed by atoms with Crippen LogP contribution >= 0.6 is 0 Å². The molecule has 3 aromatic rings. The van der Waals surface area contributed by atoms with Crippen LogP contribution in [0.3, 0.4) is 0 Å². The number of urea groups is 1. The van der Waals surface area contributed by atoms with Crippen LogP contribution in [-0.2, 0) is 0 Å². The van der Waals surface area contributed by atoms with Gasteiger partial charge < -0.3 is 20.1 Å². The number of hydrogen-bond acceptors (Lipinski definition) is 4. The van der Waals surface area contributed by atoms with Gasteiger partial charge in [-0.1, -0.05) is 66.7 Å². The Hall–Kier alpha value is -3.80. The summed E-state index contributed by atoms with van der Waals surface area (Å²) in [4.78, 5) is 25.0. The van der Waals surface area contributed by atoms with Crippen molar-refractivity contribution < 1.29 is 19.1 Å². The molecule has 2 N–H and O–H groups in total. The highest BCUT2D eigenvalue weighted by Gasteiger charge is 2.49. The zero-order valence-corrected chi connectivity index (χ0v) is 19.3. The number of Topliss-reactive ketones (excluding diaryl/α,β-unsaturated/α-hetero) is 1. The lowest BCUT2D eigenvalue weighted by Crippen LogP contribution is -2.69. The van der Waals surface area contributed by atoms with Crippen LogP contribution in [0.1, 0.15) is 54.1 Å². The Kier molecular flexibility index (Phi) is 5.52. The Balaban J connectivity index is 1.46. The highest BCUT2D eigenvalue weighted by atomic mass is 16.5. The van der Waals surface area contributed by atoms with Crippen molar-refractivity contribution in [3.8, 4) is 11.5 Å².